The first-order valence-corrected chi connectivity index (χ1v) is 5.89. The zero-order chi connectivity index (χ0) is 12.0. The van der Waals surface area contributed by atoms with Crippen LogP contribution in [0, 0.1) is 0 Å². The van der Waals surface area contributed by atoms with Crippen LogP contribution in [0.1, 0.15) is 27.2 Å². The van der Waals surface area contributed by atoms with Gasteiger partial charge in [0.1, 0.15) is 0 Å². The summed E-state index contributed by atoms with van der Waals surface area (Å²) in [5, 5.41) is 5.80. The van der Waals surface area contributed by atoms with E-state index in [9.17, 15) is 4.79 Å². The molecule has 0 saturated carbocycles. The molecule has 0 spiro atoms. The molecule has 1 fully saturated rings. The molecule has 0 unspecified atom stereocenters. The molecule has 0 aromatic carbocycles. The van der Waals surface area contributed by atoms with Crippen LogP contribution in [0.4, 0.5) is 4.79 Å². The number of nitrogens with one attached hydrogen (secondary N) is 2. The minimum Gasteiger partial charge on any atom is -0.379 e. The van der Waals surface area contributed by atoms with Gasteiger partial charge in [0.05, 0.1) is 19.9 Å². The molecule has 2 amide bonds. The van der Waals surface area contributed by atoms with Gasteiger partial charge in [-0.05, 0) is 20.3 Å². The van der Waals surface area contributed by atoms with E-state index < -0.39 is 0 Å². The fourth-order valence-corrected chi connectivity index (χ4v) is 1.38. The highest BCUT2D eigenvalue weighted by molar-refractivity contribution is 5.74. The monoisotopic (exact) mass is 229 g/mol. The van der Waals surface area contributed by atoms with Crippen molar-refractivity contribution in [3.05, 3.63) is 0 Å². The van der Waals surface area contributed by atoms with Crippen molar-refractivity contribution >= 4 is 6.03 Å². The van der Waals surface area contributed by atoms with Crippen molar-refractivity contribution in [2.24, 2.45) is 0 Å². The number of rotatable bonds is 4. The molecule has 5 heteroatoms. The molecule has 16 heavy (non-hydrogen) atoms. The summed E-state index contributed by atoms with van der Waals surface area (Å²) in [6, 6.07) is -0.0988. The summed E-state index contributed by atoms with van der Waals surface area (Å²) < 4.78 is 5.23. The number of urea groups is 1. The maximum atomic E-state index is 11.6. The molecule has 94 valence electrons. The fraction of sp³-hybridized carbons (Fsp3) is 0.909. The molecule has 0 aromatic rings. The largest absolute Gasteiger partial charge is 0.379 e. The van der Waals surface area contributed by atoms with Gasteiger partial charge in [0.2, 0.25) is 0 Å². The lowest BCUT2D eigenvalue weighted by atomic mass is 10.0. The van der Waals surface area contributed by atoms with Crippen LogP contribution in [-0.4, -0.2) is 49.4 Å². The second kappa shape index (κ2) is 6.06. The Morgan fingerprint density at radius 3 is 2.56 bits per heavy atom. The summed E-state index contributed by atoms with van der Waals surface area (Å²) in [5.74, 6) is 0. The van der Waals surface area contributed by atoms with Gasteiger partial charge in [0, 0.05) is 18.6 Å². The summed E-state index contributed by atoms with van der Waals surface area (Å²) in [4.78, 5) is 13.7. The Balaban J connectivity index is 2.19. The lowest BCUT2D eigenvalue weighted by Crippen LogP contribution is -2.51. The van der Waals surface area contributed by atoms with Crippen molar-refractivity contribution in [3.8, 4) is 0 Å². The molecule has 5 nitrogen and oxygen atoms in total. The third kappa shape index (κ3) is 4.81. The predicted octanol–water partition coefficient (Wildman–Crippen LogP) is 0.764. The van der Waals surface area contributed by atoms with E-state index in [0.717, 1.165) is 32.7 Å². The number of carbonyl (C=O) groups is 1. The van der Waals surface area contributed by atoms with Crippen LogP contribution in [-0.2, 0) is 4.74 Å². The van der Waals surface area contributed by atoms with E-state index in [4.69, 9.17) is 4.74 Å². The second-order valence-corrected chi connectivity index (χ2v) is 4.76. The summed E-state index contributed by atoms with van der Waals surface area (Å²) in [5.41, 5.74) is -0.144. The van der Waals surface area contributed by atoms with Crippen LogP contribution in [0.2, 0.25) is 0 Å². The SMILES string of the molecule is CCC(C)(C)NC(=O)NCN1CCOCC1. The van der Waals surface area contributed by atoms with Crippen LogP contribution >= 0.6 is 0 Å². The van der Waals surface area contributed by atoms with E-state index in [0.29, 0.717) is 6.67 Å². The highest BCUT2D eigenvalue weighted by atomic mass is 16.5. The van der Waals surface area contributed by atoms with Gasteiger partial charge in [0.25, 0.3) is 0 Å². The highest BCUT2D eigenvalue weighted by Gasteiger charge is 2.18. The lowest BCUT2D eigenvalue weighted by Gasteiger charge is -2.28. The van der Waals surface area contributed by atoms with E-state index in [1.165, 1.54) is 0 Å². The Morgan fingerprint density at radius 2 is 2.00 bits per heavy atom. The van der Waals surface area contributed by atoms with Crippen LogP contribution in [0.25, 0.3) is 0 Å². The van der Waals surface area contributed by atoms with Gasteiger partial charge >= 0.3 is 6.03 Å². The van der Waals surface area contributed by atoms with Crippen molar-refractivity contribution in [1.29, 1.82) is 0 Å². The molecule has 1 aliphatic rings. The van der Waals surface area contributed by atoms with E-state index in [-0.39, 0.29) is 11.6 Å². The molecule has 1 saturated heterocycles. The summed E-state index contributed by atoms with van der Waals surface area (Å²) >= 11 is 0. The fourth-order valence-electron chi connectivity index (χ4n) is 1.38. The van der Waals surface area contributed by atoms with Gasteiger partial charge in [-0.15, -0.1) is 0 Å². The molecule has 2 N–H and O–H groups in total. The third-order valence-corrected chi connectivity index (χ3v) is 2.90. The number of carbonyl (C=O) groups excluding carboxylic acids is 1. The van der Waals surface area contributed by atoms with E-state index in [1.54, 1.807) is 0 Å². The average Bonchev–Trinajstić information content (AvgIpc) is 2.27. The van der Waals surface area contributed by atoms with Gasteiger partial charge in [0.15, 0.2) is 0 Å². The maximum Gasteiger partial charge on any atom is 0.316 e. The molecular weight excluding hydrogens is 206 g/mol. The van der Waals surface area contributed by atoms with Crippen molar-refractivity contribution in [1.82, 2.24) is 15.5 Å². The molecule has 0 bridgehead atoms. The van der Waals surface area contributed by atoms with Crippen LogP contribution in [0.5, 0.6) is 0 Å². The van der Waals surface area contributed by atoms with Gasteiger partial charge in [-0.1, -0.05) is 6.92 Å². The summed E-state index contributed by atoms with van der Waals surface area (Å²) in [6.45, 7) is 9.96. The zero-order valence-corrected chi connectivity index (χ0v) is 10.5. The Kier molecular flexibility index (Phi) is 5.02. The third-order valence-electron chi connectivity index (χ3n) is 2.90. The van der Waals surface area contributed by atoms with Crippen molar-refractivity contribution in [2.45, 2.75) is 32.7 Å². The van der Waals surface area contributed by atoms with E-state index in [2.05, 4.69) is 22.5 Å². The topological polar surface area (TPSA) is 53.6 Å². The standard InChI is InChI=1S/C11H23N3O2/c1-4-11(2,3)13-10(15)12-9-14-5-7-16-8-6-14/h4-9H2,1-3H3,(H2,12,13,15). The normalized spacial score (nSPS) is 18.2. The molecule has 0 radical (unpaired) electrons. The van der Waals surface area contributed by atoms with Crippen molar-refractivity contribution < 1.29 is 9.53 Å². The molecular formula is C11H23N3O2. The van der Waals surface area contributed by atoms with Crippen molar-refractivity contribution in [3.63, 3.8) is 0 Å². The Hall–Kier alpha value is -0.810. The Morgan fingerprint density at radius 1 is 1.38 bits per heavy atom. The van der Waals surface area contributed by atoms with E-state index >= 15 is 0 Å². The number of ether oxygens (including phenoxy) is 1. The van der Waals surface area contributed by atoms with E-state index in [1.807, 2.05) is 13.8 Å². The summed E-state index contributed by atoms with van der Waals surface area (Å²) in [6.07, 6.45) is 0.915. The average molecular weight is 229 g/mol. The highest BCUT2D eigenvalue weighted by Crippen LogP contribution is 2.05. The zero-order valence-electron chi connectivity index (χ0n) is 10.5. The van der Waals surface area contributed by atoms with Crippen LogP contribution < -0.4 is 10.6 Å². The van der Waals surface area contributed by atoms with Gasteiger partial charge in [-0.2, -0.15) is 0 Å². The molecule has 1 rings (SSSR count). The van der Waals surface area contributed by atoms with Gasteiger partial charge in [-0.25, -0.2) is 4.79 Å². The molecule has 0 aromatic heterocycles. The molecule has 0 aliphatic carbocycles. The van der Waals surface area contributed by atoms with Gasteiger partial charge < -0.3 is 15.4 Å². The van der Waals surface area contributed by atoms with Gasteiger partial charge in [-0.3, -0.25) is 4.90 Å². The number of hydrogen-bond acceptors (Lipinski definition) is 3. The number of amides is 2. The van der Waals surface area contributed by atoms with Crippen LogP contribution in [0.3, 0.4) is 0 Å². The number of nitrogens with zero attached hydrogens (tertiary/aromatic N) is 1. The smallest absolute Gasteiger partial charge is 0.316 e. The number of hydrogen-bond donors (Lipinski definition) is 2. The first-order valence-electron chi connectivity index (χ1n) is 5.89. The first kappa shape index (κ1) is 13.3. The number of morpholine rings is 1. The first-order chi connectivity index (χ1) is 7.53. The quantitative estimate of drug-likeness (QED) is 0.748. The van der Waals surface area contributed by atoms with Crippen molar-refractivity contribution in [2.75, 3.05) is 33.0 Å². The lowest BCUT2D eigenvalue weighted by molar-refractivity contribution is 0.0354. The second-order valence-electron chi connectivity index (χ2n) is 4.76. The molecule has 0 atom stereocenters. The minimum atomic E-state index is -0.144. The Labute approximate surface area is 97.5 Å². The minimum absolute atomic E-state index is 0.0988. The molecule has 1 aliphatic heterocycles. The predicted molar refractivity (Wildman–Crippen MR) is 63.3 cm³/mol. The molecule has 1 heterocycles. The maximum absolute atomic E-state index is 11.6. The van der Waals surface area contributed by atoms with Crippen LogP contribution in [0.15, 0.2) is 0 Å². The summed E-state index contributed by atoms with van der Waals surface area (Å²) in [7, 11) is 0. The Bertz CT molecular complexity index is 225.